The molecule has 0 aliphatic carbocycles. The fourth-order valence-corrected chi connectivity index (χ4v) is 1.24. The van der Waals surface area contributed by atoms with Gasteiger partial charge in [-0.15, -0.1) is 0 Å². The van der Waals surface area contributed by atoms with Crippen molar-refractivity contribution in [3.8, 4) is 0 Å². The van der Waals surface area contributed by atoms with Gasteiger partial charge in [-0.05, 0) is 66.0 Å². The quantitative estimate of drug-likeness (QED) is 0.368. The molecule has 0 spiro atoms. The number of hydrogen-bond donors (Lipinski definition) is 2. The first-order valence-electron chi connectivity index (χ1n) is 9.06. The molecule has 0 radical (unpaired) electrons. The third-order valence-corrected chi connectivity index (χ3v) is 2.37. The van der Waals surface area contributed by atoms with Crippen molar-refractivity contribution in [3.05, 3.63) is 0 Å². The van der Waals surface area contributed by atoms with Gasteiger partial charge in [0.15, 0.2) is 16.6 Å². The number of hydrogen-bond acceptors (Lipinski definition) is 8. The van der Waals surface area contributed by atoms with Gasteiger partial charge in [0.25, 0.3) is 0 Å². The van der Waals surface area contributed by atoms with Crippen LogP contribution in [0.15, 0.2) is 0 Å². The molecule has 0 saturated carbocycles. The van der Waals surface area contributed by atoms with Crippen molar-refractivity contribution in [2.45, 2.75) is 79.8 Å². The van der Waals surface area contributed by atoms with E-state index in [-0.39, 0.29) is 37.8 Å². The van der Waals surface area contributed by atoms with E-state index in [1.807, 2.05) is 39.3 Å². The molecule has 2 atom stereocenters. The van der Waals surface area contributed by atoms with Gasteiger partial charge in [0.2, 0.25) is 0 Å². The molecule has 29 heavy (non-hydrogen) atoms. The molecule has 8 nitrogen and oxygen atoms in total. The summed E-state index contributed by atoms with van der Waals surface area (Å²) < 4.78 is 0. The summed E-state index contributed by atoms with van der Waals surface area (Å²) in [5.41, 5.74) is 0. The van der Waals surface area contributed by atoms with Crippen LogP contribution in [0.5, 0.6) is 0 Å². The number of carboxylic acids is 2. The predicted molar refractivity (Wildman–Crippen MR) is 110 cm³/mol. The Morgan fingerprint density at radius 3 is 0.828 bits per heavy atom. The molecule has 0 bridgehead atoms. The second-order valence-electron chi connectivity index (χ2n) is 8.12. The van der Waals surface area contributed by atoms with Gasteiger partial charge in [0, 0.05) is 0 Å². The minimum atomic E-state index is -1.61. The van der Waals surface area contributed by atoms with Gasteiger partial charge in [-0.3, -0.25) is 9.59 Å². The van der Waals surface area contributed by atoms with Crippen molar-refractivity contribution in [3.63, 3.8) is 0 Å². The molecule has 0 heterocycles. The van der Waals surface area contributed by atoms with Crippen molar-refractivity contribution < 1.29 is 65.2 Å². The number of carbonyl (C=O) groups excluding carboxylic acids is 4. The third-order valence-electron chi connectivity index (χ3n) is 2.37. The van der Waals surface area contributed by atoms with E-state index in [9.17, 15) is 29.4 Å². The van der Waals surface area contributed by atoms with E-state index < -0.39 is 40.4 Å². The minimum absolute atomic E-state index is 0. The average molecular weight is 530 g/mol. The SMILES string of the molecule is CCC(C(C)=O)C(=O)[O-].CCC(C(C)=O)C(=O)[O-].C[Si](C)(C)O.C[Si](C)(C)O.[Zr+2]. The standard InChI is InChI=1S/2C6H10O3.2C3H10OSi.Zr/c2*1-3-5(4(2)7)6(8)9;2*1-5(2,3)4;/h2*5H,3H2,1-2H3,(H,8,9);2*4H,1-3H3;/q;;;;+2/p-2. The monoisotopic (exact) mass is 528 g/mol. The summed E-state index contributed by atoms with van der Waals surface area (Å²) in [6.07, 6.45) is 0.634. The van der Waals surface area contributed by atoms with Crippen LogP contribution in [0.2, 0.25) is 39.3 Å². The zero-order chi connectivity index (χ0) is 23.9. The Labute approximate surface area is 196 Å². The molecule has 0 aliphatic rings. The summed E-state index contributed by atoms with van der Waals surface area (Å²) in [4.78, 5) is 58.2. The normalized spacial score (nSPS) is 12.0. The molecular weight excluding hydrogens is 492 g/mol. The van der Waals surface area contributed by atoms with Crippen molar-refractivity contribution in [1.82, 2.24) is 0 Å². The summed E-state index contributed by atoms with van der Waals surface area (Å²) in [5.74, 6) is -5.04. The van der Waals surface area contributed by atoms with Gasteiger partial charge in [-0.2, -0.15) is 0 Å². The van der Waals surface area contributed by atoms with Crippen LogP contribution in [-0.2, 0) is 45.4 Å². The smallest absolute Gasteiger partial charge is 0.549 e. The van der Waals surface area contributed by atoms with Gasteiger partial charge in [0.05, 0.1) is 23.8 Å². The number of aliphatic carboxylic acids is 2. The summed E-state index contributed by atoms with van der Waals surface area (Å²) in [7, 11) is -3.22. The summed E-state index contributed by atoms with van der Waals surface area (Å²) >= 11 is 0. The Morgan fingerprint density at radius 2 is 0.828 bits per heavy atom. The zero-order valence-corrected chi connectivity index (χ0v) is 23.9. The van der Waals surface area contributed by atoms with Gasteiger partial charge in [-0.1, -0.05) is 13.8 Å². The fraction of sp³-hybridized carbons (Fsp3) is 0.778. The number of carbonyl (C=O) groups is 4. The van der Waals surface area contributed by atoms with E-state index in [1.54, 1.807) is 13.8 Å². The first-order valence-corrected chi connectivity index (χ1v) is 16.0. The van der Waals surface area contributed by atoms with Gasteiger partial charge in [0.1, 0.15) is 11.6 Å². The van der Waals surface area contributed by atoms with Crippen LogP contribution in [0, 0.1) is 11.8 Å². The second kappa shape index (κ2) is 19.5. The molecule has 2 unspecified atom stereocenters. The molecule has 0 aromatic rings. The maximum Gasteiger partial charge on any atom is 2.00 e. The van der Waals surface area contributed by atoms with Crippen molar-refractivity contribution in [2.24, 2.45) is 11.8 Å². The Balaban J connectivity index is -0.0000000907. The first kappa shape index (κ1) is 39.0. The maximum absolute atomic E-state index is 10.4. The molecule has 0 saturated heterocycles. The van der Waals surface area contributed by atoms with Crippen LogP contribution >= 0.6 is 0 Å². The molecule has 0 rings (SSSR count). The van der Waals surface area contributed by atoms with Crippen LogP contribution in [-0.4, -0.2) is 49.7 Å². The van der Waals surface area contributed by atoms with Gasteiger partial charge >= 0.3 is 26.2 Å². The Bertz CT molecular complexity index is 401. The van der Waals surface area contributed by atoms with E-state index in [1.165, 1.54) is 13.8 Å². The number of rotatable bonds is 6. The molecule has 170 valence electrons. The Hall–Kier alpha value is -0.483. The Morgan fingerprint density at radius 1 is 0.690 bits per heavy atom. The molecule has 0 aromatic heterocycles. The average Bonchev–Trinajstić information content (AvgIpc) is 2.34. The summed E-state index contributed by atoms with van der Waals surface area (Å²) in [6, 6.07) is 0. The maximum atomic E-state index is 10.4. The number of Topliss-reactive ketones (excluding diaryl/α,β-unsaturated/α-hetero) is 2. The molecule has 0 aliphatic heterocycles. The number of carboxylic acid groups (broad SMARTS) is 2. The minimum Gasteiger partial charge on any atom is -0.549 e. The molecule has 0 aromatic carbocycles. The van der Waals surface area contributed by atoms with E-state index in [4.69, 9.17) is 9.59 Å². The van der Waals surface area contributed by atoms with E-state index in [2.05, 4.69) is 0 Å². The largest absolute Gasteiger partial charge is 2.00 e. The fourth-order valence-electron chi connectivity index (χ4n) is 1.24. The molecule has 2 N–H and O–H groups in total. The van der Waals surface area contributed by atoms with E-state index in [0.717, 1.165) is 0 Å². The van der Waals surface area contributed by atoms with E-state index >= 15 is 0 Å². The molecule has 0 fully saturated rings. The van der Waals surface area contributed by atoms with Crippen molar-refractivity contribution >= 4 is 40.1 Å². The topological polar surface area (TPSA) is 155 Å². The second-order valence-corrected chi connectivity index (χ2v) is 16.8. The van der Waals surface area contributed by atoms with Crippen LogP contribution in [0.4, 0.5) is 0 Å². The Kier molecular flexibility index (Phi) is 26.2. The molecule has 0 amide bonds. The van der Waals surface area contributed by atoms with Crippen LogP contribution in [0.3, 0.4) is 0 Å². The first-order chi connectivity index (χ1) is 12.2. The van der Waals surface area contributed by atoms with Crippen LogP contribution in [0.1, 0.15) is 40.5 Å². The summed E-state index contributed by atoms with van der Waals surface area (Å²) in [5, 5.41) is 20.1. The number of ketones is 2. The van der Waals surface area contributed by atoms with Crippen LogP contribution < -0.4 is 10.2 Å². The molecular formula is C18H38O8Si2Zr. The van der Waals surface area contributed by atoms with Gasteiger partial charge in [-0.25, -0.2) is 0 Å². The zero-order valence-electron chi connectivity index (χ0n) is 19.4. The van der Waals surface area contributed by atoms with Crippen molar-refractivity contribution in [1.29, 1.82) is 0 Å². The predicted octanol–water partition coefficient (Wildman–Crippen LogP) is 0.328. The van der Waals surface area contributed by atoms with Crippen LogP contribution in [0.25, 0.3) is 0 Å². The molecule has 11 heteroatoms. The van der Waals surface area contributed by atoms with Crippen molar-refractivity contribution in [2.75, 3.05) is 0 Å². The summed E-state index contributed by atoms with van der Waals surface area (Å²) in [6.45, 7) is 17.1. The van der Waals surface area contributed by atoms with E-state index in [0.29, 0.717) is 12.8 Å². The van der Waals surface area contributed by atoms with Gasteiger partial charge < -0.3 is 29.4 Å². The third kappa shape index (κ3) is 47.0.